The molecular weight excluding hydrogens is 419 g/mol. The SMILES string of the molecule is N#Cc1ccc(C2(C(N)=O)CC(c3ccc(Cl)cc3)=NN2c2ccc(Cl)cc2)cc1. The van der Waals surface area contributed by atoms with Crippen LogP contribution in [0.3, 0.4) is 0 Å². The molecule has 0 spiro atoms. The molecule has 4 rings (SSSR count). The van der Waals surface area contributed by atoms with Crippen LogP contribution in [0.4, 0.5) is 5.69 Å². The van der Waals surface area contributed by atoms with Gasteiger partial charge < -0.3 is 5.73 Å². The molecule has 5 nitrogen and oxygen atoms in total. The number of hydrogen-bond acceptors (Lipinski definition) is 4. The maximum Gasteiger partial charge on any atom is 0.250 e. The Kier molecular flexibility index (Phi) is 5.21. The molecule has 1 amide bonds. The Labute approximate surface area is 183 Å². The number of hydrogen-bond donors (Lipinski definition) is 1. The molecular formula is C23H16Cl2N4O. The van der Waals surface area contributed by atoms with Crippen LogP contribution in [-0.2, 0) is 10.3 Å². The molecule has 1 aliphatic heterocycles. The van der Waals surface area contributed by atoms with Crippen molar-refractivity contribution in [2.75, 3.05) is 5.01 Å². The minimum absolute atomic E-state index is 0.262. The van der Waals surface area contributed by atoms with Gasteiger partial charge in [-0.05, 0) is 59.7 Å². The molecule has 1 unspecified atom stereocenters. The average Bonchev–Trinajstić information content (AvgIpc) is 3.17. The Balaban J connectivity index is 1.89. The van der Waals surface area contributed by atoms with Gasteiger partial charge in [-0.1, -0.05) is 47.5 Å². The first-order chi connectivity index (χ1) is 14.4. The van der Waals surface area contributed by atoms with Gasteiger partial charge in [-0.25, -0.2) is 5.01 Å². The molecule has 1 aliphatic rings. The van der Waals surface area contributed by atoms with Crippen molar-refractivity contribution >= 4 is 40.5 Å². The normalized spacial score (nSPS) is 18.0. The molecule has 30 heavy (non-hydrogen) atoms. The Morgan fingerprint density at radius 2 is 1.53 bits per heavy atom. The highest BCUT2D eigenvalue weighted by Crippen LogP contribution is 2.42. The summed E-state index contributed by atoms with van der Waals surface area (Å²) in [7, 11) is 0. The van der Waals surface area contributed by atoms with Gasteiger partial charge in [0.05, 0.1) is 23.0 Å². The van der Waals surface area contributed by atoms with Crippen molar-refractivity contribution in [1.29, 1.82) is 5.26 Å². The van der Waals surface area contributed by atoms with Crippen LogP contribution >= 0.6 is 23.2 Å². The van der Waals surface area contributed by atoms with E-state index in [2.05, 4.69) is 6.07 Å². The number of nitrogens with zero attached hydrogens (tertiary/aromatic N) is 3. The molecule has 2 N–H and O–H groups in total. The lowest BCUT2D eigenvalue weighted by atomic mass is 9.82. The number of amides is 1. The van der Waals surface area contributed by atoms with Crippen LogP contribution in [0.5, 0.6) is 0 Å². The number of nitrogens with two attached hydrogens (primary N) is 1. The van der Waals surface area contributed by atoms with Gasteiger partial charge in [-0.3, -0.25) is 4.79 Å². The van der Waals surface area contributed by atoms with Crippen LogP contribution in [0.2, 0.25) is 10.0 Å². The molecule has 0 aromatic heterocycles. The summed E-state index contributed by atoms with van der Waals surface area (Å²) in [4.78, 5) is 13.0. The number of anilines is 1. The number of nitriles is 1. The predicted molar refractivity (Wildman–Crippen MR) is 119 cm³/mol. The van der Waals surface area contributed by atoms with Gasteiger partial charge in [0, 0.05) is 16.5 Å². The molecule has 0 saturated heterocycles. The van der Waals surface area contributed by atoms with Crippen molar-refractivity contribution in [2.24, 2.45) is 10.8 Å². The Morgan fingerprint density at radius 1 is 0.967 bits per heavy atom. The maximum absolute atomic E-state index is 13.0. The number of carbonyl (C=O) groups excluding carboxylic acids is 1. The molecule has 0 radical (unpaired) electrons. The summed E-state index contributed by atoms with van der Waals surface area (Å²) in [6.07, 6.45) is 0.262. The quantitative estimate of drug-likeness (QED) is 0.636. The van der Waals surface area contributed by atoms with Gasteiger partial charge in [0.2, 0.25) is 5.91 Å². The first-order valence-electron chi connectivity index (χ1n) is 9.14. The van der Waals surface area contributed by atoms with Gasteiger partial charge >= 0.3 is 0 Å². The molecule has 0 saturated carbocycles. The number of carbonyl (C=O) groups is 1. The van der Waals surface area contributed by atoms with E-state index in [0.29, 0.717) is 32.6 Å². The van der Waals surface area contributed by atoms with Gasteiger partial charge in [0.1, 0.15) is 0 Å². The smallest absolute Gasteiger partial charge is 0.250 e. The second kappa shape index (κ2) is 7.83. The summed E-state index contributed by atoms with van der Waals surface area (Å²) in [5, 5.41) is 16.7. The highest BCUT2D eigenvalue weighted by Gasteiger charge is 2.50. The van der Waals surface area contributed by atoms with Gasteiger partial charge in [0.25, 0.3) is 0 Å². The van der Waals surface area contributed by atoms with Crippen molar-refractivity contribution in [3.63, 3.8) is 0 Å². The van der Waals surface area contributed by atoms with Gasteiger partial charge in [0.15, 0.2) is 5.54 Å². The minimum Gasteiger partial charge on any atom is -0.367 e. The number of halogens is 2. The Hall–Kier alpha value is -3.33. The van der Waals surface area contributed by atoms with E-state index in [9.17, 15) is 4.79 Å². The first-order valence-corrected chi connectivity index (χ1v) is 9.89. The topological polar surface area (TPSA) is 82.5 Å². The highest BCUT2D eigenvalue weighted by molar-refractivity contribution is 6.31. The summed E-state index contributed by atoms with van der Waals surface area (Å²) in [6.45, 7) is 0. The van der Waals surface area contributed by atoms with Crippen LogP contribution in [-0.4, -0.2) is 11.6 Å². The second-order valence-corrected chi connectivity index (χ2v) is 7.81. The zero-order valence-electron chi connectivity index (χ0n) is 15.7. The maximum atomic E-state index is 13.0. The molecule has 7 heteroatoms. The second-order valence-electron chi connectivity index (χ2n) is 6.93. The molecule has 0 fully saturated rings. The molecule has 3 aromatic carbocycles. The standard InChI is InChI=1S/C23H16Cl2N4O/c24-18-7-3-16(4-8-18)21-13-23(22(27)30,17-5-1-15(14-26)2-6-17)29(28-21)20-11-9-19(25)10-12-20/h1-12H,13H2,(H2,27,30). The zero-order chi connectivity index (χ0) is 21.3. The average molecular weight is 435 g/mol. The van der Waals surface area contributed by atoms with Crippen LogP contribution in [0.25, 0.3) is 0 Å². The van der Waals surface area contributed by atoms with Crippen LogP contribution < -0.4 is 10.7 Å². The summed E-state index contributed by atoms with van der Waals surface area (Å²) in [5.74, 6) is -0.546. The van der Waals surface area contributed by atoms with E-state index in [1.807, 2.05) is 12.1 Å². The van der Waals surface area contributed by atoms with Gasteiger partial charge in [-0.15, -0.1) is 0 Å². The monoisotopic (exact) mass is 434 g/mol. The first kappa shape index (κ1) is 20.0. The number of rotatable bonds is 4. The number of benzene rings is 3. The van der Waals surface area contributed by atoms with E-state index in [4.69, 9.17) is 39.3 Å². The van der Waals surface area contributed by atoms with Crippen molar-refractivity contribution in [3.8, 4) is 6.07 Å². The predicted octanol–water partition coefficient (Wildman–Crippen LogP) is 4.86. The summed E-state index contributed by atoms with van der Waals surface area (Å²) < 4.78 is 0. The molecule has 148 valence electrons. The van der Waals surface area contributed by atoms with Crippen molar-refractivity contribution in [3.05, 3.63) is 99.5 Å². The highest BCUT2D eigenvalue weighted by atomic mass is 35.5. The van der Waals surface area contributed by atoms with E-state index in [-0.39, 0.29) is 6.42 Å². The van der Waals surface area contributed by atoms with E-state index in [1.54, 1.807) is 65.7 Å². The van der Waals surface area contributed by atoms with Crippen molar-refractivity contribution < 1.29 is 4.79 Å². The minimum atomic E-state index is -1.25. The van der Waals surface area contributed by atoms with Crippen LogP contribution in [0.15, 0.2) is 77.9 Å². The number of hydrazone groups is 1. The van der Waals surface area contributed by atoms with Crippen LogP contribution in [0.1, 0.15) is 23.1 Å². The van der Waals surface area contributed by atoms with Crippen molar-refractivity contribution in [2.45, 2.75) is 12.0 Å². The summed E-state index contributed by atoms with van der Waals surface area (Å²) >= 11 is 12.1. The molecule has 3 aromatic rings. The molecule has 1 heterocycles. The van der Waals surface area contributed by atoms with E-state index >= 15 is 0 Å². The van der Waals surface area contributed by atoms with E-state index < -0.39 is 11.4 Å². The van der Waals surface area contributed by atoms with Crippen LogP contribution in [0, 0.1) is 11.3 Å². The zero-order valence-corrected chi connectivity index (χ0v) is 17.2. The third kappa shape index (κ3) is 3.41. The fraction of sp³-hybridized carbons (Fsp3) is 0.0870. The fourth-order valence-electron chi connectivity index (χ4n) is 3.60. The molecule has 1 atom stereocenters. The van der Waals surface area contributed by atoms with E-state index in [0.717, 1.165) is 5.56 Å². The summed E-state index contributed by atoms with van der Waals surface area (Å²) in [6, 6.07) is 23.2. The molecule has 0 bridgehead atoms. The largest absolute Gasteiger partial charge is 0.367 e. The fourth-order valence-corrected chi connectivity index (χ4v) is 3.85. The Morgan fingerprint density at radius 3 is 2.07 bits per heavy atom. The Bertz CT molecular complexity index is 1170. The summed E-state index contributed by atoms with van der Waals surface area (Å²) in [5.41, 5.74) is 8.10. The van der Waals surface area contributed by atoms with E-state index in [1.165, 1.54) is 0 Å². The molecule has 0 aliphatic carbocycles. The lowest BCUT2D eigenvalue weighted by Gasteiger charge is -2.35. The lowest BCUT2D eigenvalue weighted by Crippen LogP contribution is -2.51. The third-order valence-corrected chi connectivity index (χ3v) is 5.66. The lowest BCUT2D eigenvalue weighted by molar-refractivity contribution is -0.123. The third-order valence-electron chi connectivity index (χ3n) is 5.15. The van der Waals surface area contributed by atoms with Gasteiger partial charge in [-0.2, -0.15) is 10.4 Å². The number of primary amides is 1. The van der Waals surface area contributed by atoms with Crippen molar-refractivity contribution in [1.82, 2.24) is 0 Å².